The molecule has 3 atom stereocenters. The summed E-state index contributed by atoms with van der Waals surface area (Å²) in [5, 5.41) is 19.0. The van der Waals surface area contributed by atoms with Gasteiger partial charge in [-0.05, 0) is 36.6 Å². The SMILES string of the molecule is CCCNC(=O)N1CC[C@@](C)(O)[C@@H](NC(=O)CC(C)(C)C)[C@@H]1c1cccs1. The van der Waals surface area contributed by atoms with E-state index in [1.165, 1.54) is 11.3 Å². The van der Waals surface area contributed by atoms with E-state index >= 15 is 0 Å². The molecule has 0 aliphatic carbocycles. The lowest BCUT2D eigenvalue weighted by Crippen LogP contribution is -2.64. The molecule has 0 bridgehead atoms. The maximum absolute atomic E-state index is 12.8. The summed E-state index contributed by atoms with van der Waals surface area (Å²) in [4.78, 5) is 28.1. The second-order valence-corrected chi connectivity index (χ2v) is 9.75. The Morgan fingerprint density at radius 3 is 2.67 bits per heavy atom. The van der Waals surface area contributed by atoms with Crippen molar-refractivity contribution < 1.29 is 14.7 Å². The maximum atomic E-state index is 12.8. The number of hydrogen-bond donors (Lipinski definition) is 3. The van der Waals surface area contributed by atoms with Gasteiger partial charge in [0.25, 0.3) is 0 Å². The van der Waals surface area contributed by atoms with Crippen molar-refractivity contribution in [3.63, 3.8) is 0 Å². The van der Waals surface area contributed by atoms with Crippen molar-refractivity contribution in [3.05, 3.63) is 22.4 Å². The fourth-order valence-corrected chi connectivity index (χ4v) is 4.31. The van der Waals surface area contributed by atoms with Gasteiger partial charge in [-0.3, -0.25) is 4.79 Å². The van der Waals surface area contributed by atoms with E-state index in [4.69, 9.17) is 0 Å². The smallest absolute Gasteiger partial charge is 0.318 e. The third-order valence-electron chi connectivity index (χ3n) is 4.81. The zero-order valence-electron chi connectivity index (χ0n) is 17.0. The second kappa shape index (κ2) is 8.61. The Morgan fingerprint density at radius 2 is 2.11 bits per heavy atom. The summed E-state index contributed by atoms with van der Waals surface area (Å²) in [5.41, 5.74) is -1.25. The van der Waals surface area contributed by atoms with E-state index < -0.39 is 17.7 Å². The molecule has 0 spiro atoms. The van der Waals surface area contributed by atoms with Gasteiger partial charge in [0.05, 0.1) is 17.7 Å². The predicted octanol–water partition coefficient (Wildman–Crippen LogP) is 3.29. The second-order valence-electron chi connectivity index (χ2n) is 8.78. The molecule has 1 aliphatic heterocycles. The van der Waals surface area contributed by atoms with Crippen LogP contribution in [-0.4, -0.2) is 46.7 Å². The van der Waals surface area contributed by atoms with Crippen molar-refractivity contribution >= 4 is 23.3 Å². The summed E-state index contributed by atoms with van der Waals surface area (Å²) in [6.45, 7) is 10.8. The highest BCUT2D eigenvalue weighted by molar-refractivity contribution is 7.10. The van der Waals surface area contributed by atoms with Crippen molar-refractivity contribution in [1.29, 1.82) is 0 Å². The molecule has 1 aliphatic rings. The largest absolute Gasteiger partial charge is 0.388 e. The quantitative estimate of drug-likeness (QED) is 0.715. The lowest BCUT2D eigenvalue weighted by Gasteiger charge is -2.48. The summed E-state index contributed by atoms with van der Waals surface area (Å²) >= 11 is 1.54. The van der Waals surface area contributed by atoms with Crippen LogP contribution >= 0.6 is 11.3 Å². The summed E-state index contributed by atoms with van der Waals surface area (Å²) in [6, 6.07) is 2.78. The Kier molecular flexibility index (Phi) is 6.92. The van der Waals surface area contributed by atoms with E-state index in [0.29, 0.717) is 25.9 Å². The number of piperidine rings is 1. The van der Waals surface area contributed by atoms with Gasteiger partial charge >= 0.3 is 6.03 Å². The third kappa shape index (κ3) is 5.69. The lowest BCUT2D eigenvalue weighted by molar-refractivity contribution is -0.129. The zero-order chi connectivity index (χ0) is 20.2. The van der Waals surface area contributed by atoms with Crippen molar-refractivity contribution in [2.75, 3.05) is 13.1 Å². The minimum atomic E-state index is -1.09. The van der Waals surface area contributed by atoms with Crippen LogP contribution in [0, 0.1) is 5.41 Å². The van der Waals surface area contributed by atoms with Crippen LogP contribution in [-0.2, 0) is 4.79 Å². The monoisotopic (exact) mass is 395 g/mol. The Bertz CT molecular complexity index is 637. The Labute approximate surface area is 166 Å². The first-order valence-corrected chi connectivity index (χ1v) is 10.5. The predicted molar refractivity (Wildman–Crippen MR) is 109 cm³/mol. The molecule has 0 aromatic carbocycles. The van der Waals surface area contributed by atoms with Gasteiger partial charge in [0.1, 0.15) is 0 Å². The number of amides is 3. The van der Waals surface area contributed by atoms with Crippen molar-refractivity contribution in [1.82, 2.24) is 15.5 Å². The highest BCUT2D eigenvalue weighted by atomic mass is 32.1. The molecule has 1 saturated heterocycles. The lowest BCUT2D eigenvalue weighted by atomic mass is 9.81. The number of likely N-dealkylation sites (tertiary alicyclic amines) is 1. The molecular formula is C20H33N3O3S. The summed E-state index contributed by atoms with van der Waals surface area (Å²) in [7, 11) is 0. The van der Waals surface area contributed by atoms with E-state index in [2.05, 4.69) is 10.6 Å². The zero-order valence-corrected chi connectivity index (χ0v) is 17.9. The molecular weight excluding hydrogens is 362 g/mol. The van der Waals surface area contributed by atoms with E-state index in [1.807, 2.05) is 45.2 Å². The van der Waals surface area contributed by atoms with Crippen molar-refractivity contribution in [2.24, 2.45) is 5.41 Å². The van der Waals surface area contributed by atoms with Gasteiger partial charge in [0.2, 0.25) is 5.91 Å². The maximum Gasteiger partial charge on any atom is 0.318 e. The van der Waals surface area contributed by atoms with Crippen LogP contribution in [0.15, 0.2) is 17.5 Å². The number of urea groups is 1. The Hall–Kier alpha value is -1.60. The Morgan fingerprint density at radius 1 is 1.41 bits per heavy atom. The van der Waals surface area contributed by atoms with Crippen LogP contribution in [0.25, 0.3) is 0 Å². The molecule has 0 unspecified atom stereocenters. The molecule has 2 rings (SSSR count). The number of rotatable bonds is 5. The van der Waals surface area contributed by atoms with Crippen LogP contribution in [0.2, 0.25) is 0 Å². The van der Waals surface area contributed by atoms with Gasteiger partial charge in [-0.2, -0.15) is 0 Å². The fraction of sp³-hybridized carbons (Fsp3) is 0.700. The van der Waals surface area contributed by atoms with Crippen molar-refractivity contribution in [3.8, 4) is 0 Å². The summed E-state index contributed by atoms with van der Waals surface area (Å²) < 4.78 is 0. The van der Waals surface area contributed by atoms with Crippen LogP contribution in [0.3, 0.4) is 0 Å². The number of nitrogens with zero attached hydrogens (tertiary/aromatic N) is 1. The molecule has 0 radical (unpaired) electrons. The molecule has 27 heavy (non-hydrogen) atoms. The first kappa shape index (κ1) is 21.7. The number of aliphatic hydroxyl groups is 1. The molecule has 152 valence electrons. The standard InChI is InChI=1S/C20H33N3O3S/c1-6-10-21-18(25)23-11-9-20(5,26)17(16(23)14-8-7-12-27-14)22-15(24)13-19(2,3)4/h7-8,12,16-17,26H,6,9-11,13H2,1-5H3,(H,21,25)(H,22,24)/t16-,17-,20+/m0/s1. The number of carbonyl (C=O) groups excluding carboxylic acids is 2. The minimum absolute atomic E-state index is 0.106. The summed E-state index contributed by atoms with van der Waals surface area (Å²) in [5.74, 6) is -0.106. The molecule has 6 nitrogen and oxygen atoms in total. The number of nitrogens with one attached hydrogen (secondary N) is 2. The normalized spacial score (nSPS) is 25.9. The van der Waals surface area contributed by atoms with Gasteiger partial charge in [0, 0.05) is 24.4 Å². The average molecular weight is 396 g/mol. The number of carbonyl (C=O) groups is 2. The molecule has 3 N–H and O–H groups in total. The number of thiophene rings is 1. The highest BCUT2D eigenvalue weighted by Gasteiger charge is 2.48. The topological polar surface area (TPSA) is 81.7 Å². The highest BCUT2D eigenvalue weighted by Crippen LogP contribution is 2.39. The third-order valence-corrected chi connectivity index (χ3v) is 5.75. The molecule has 0 saturated carbocycles. The van der Waals surface area contributed by atoms with Gasteiger partial charge < -0.3 is 20.6 Å². The Balaban J connectivity index is 2.32. The van der Waals surface area contributed by atoms with Crippen molar-refractivity contribution in [2.45, 2.75) is 71.6 Å². The molecule has 1 fully saturated rings. The molecule has 7 heteroatoms. The van der Waals surface area contributed by atoms with E-state index in [1.54, 1.807) is 11.8 Å². The van der Waals surface area contributed by atoms with Gasteiger partial charge in [0.15, 0.2) is 0 Å². The van der Waals surface area contributed by atoms with Crippen LogP contribution in [0.1, 0.15) is 64.8 Å². The molecule has 1 aromatic rings. The van der Waals surface area contributed by atoms with Gasteiger partial charge in [-0.15, -0.1) is 11.3 Å². The molecule has 1 aromatic heterocycles. The average Bonchev–Trinajstić information content (AvgIpc) is 3.06. The molecule has 2 heterocycles. The minimum Gasteiger partial charge on any atom is -0.388 e. The van der Waals surface area contributed by atoms with Crippen LogP contribution in [0.4, 0.5) is 4.79 Å². The van der Waals surface area contributed by atoms with E-state index in [-0.39, 0.29) is 17.4 Å². The summed E-state index contributed by atoms with van der Waals surface area (Å²) in [6.07, 6.45) is 1.63. The number of hydrogen-bond acceptors (Lipinski definition) is 4. The first-order chi connectivity index (χ1) is 12.5. The van der Waals surface area contributed by atoms with Crippen LogP contribution in [0.5, 0.6) is 0 Å². The fourth-order valence-electron chi connectivity index (χ4n) is 3.44. The van der Waals surface area contributed by atoms with E-state index in [9.17, 15) is 14.7 Å². The van der Waals surface area contributed by atoms with Gasteiger partial charge in [-0.1, -0.05) is 33.8 Å². The molecule has 3 amide bonds. The van der Waals surface area contributed by atoms with Gasteiger partial charge in [-0.25, -0.2) is 4.79 Å². The van der Waals surface area contributed by atoms with Crippen LogP contribution < -0.4 is 10.6 Å². The first-order valence-electron chi connectivity index (χ1n) is 9.65. The van der Waals surface area contributed by atoms with E-state index in [0.717, 1.165) is 11.3 Å².